The van der Waals surface area contributed by atoms with Gasteiger partial charge in [-0.15, -0.1) is 11.3 Å². The summed E-state index contributed by atoms with van der Waals surface area (Å²) in [4.78, 5) is 0.991. The second kappa shape index (κ2) is 5.82. The fourth-order valence-electron chi connectivity index (χ4n) is 3.33. The highest BCUT2D eigenvalue weighted by Gasteiger charge is 2.27. The molecular weight excluding hydrogens is 271 g/mol. The molecule has 1 atom stereocenters. The van der Waals surface area contributed by atoms with E-state index in [4.69, 9.17) is 0 Å². The summed E-state index contributed by atoms with van der Waals surface area (Å²) in [6.07, 6.45) is 5.57. The van der Waals surface area contributed by atoms with E-state index in [1.54, 1.807) is 23.5 Å². The summed E-state index contributed by atoms with van der Waals surface area (Å²) >= 11 is 1.60. The minimum atomic E-state index is -0.381. The lowest BCUT2D eigenvalue weighted by Gasteiger charge is -2.30. The Kier molecular flexibility index (Phi) is 4.08. The van der Waals surface area contributed by atoms with Crippen molar-refractivity contribution in [2.45, 2.75) is 45.1 Å². The van der Waals surface area contributed by atoms with Crippen LogP contribution >= 0.6 is 11.3 Å². The highest BCUT2D eigenvalue weighted by Crippen LogP contribution is 2.41. The number of aliphatic hydroxyl groups is 1. The summed E-state index contributed by atoms with van der Waals surface area (Å²) in [6.45, 7) is 2.25. The SMILES string of the molecule is CCC1CCC(C(O)c2cc3cc(F)ccc3s2)CC1. The van der Waals surface area contributed by atoms with Gasteiger partial charge in [-0.2, -0.15) is 0 Å². The quantitative estimate of drug-likeness (QED) is 0.815. The largest absolute Gasteiger partial charge is 0.387 e. The molecule has 0 radical (unpaired) electrons. The molecule has 0 bridgehead atoms. The summed E-state index contributed by atoms with van der Waals surface area (Å²) in [7, 11) is 0. The van der Waals surface area contributed by atoms with Crippen LogP contribution in [0.4, 0.5) is 4.39 Å². The van der Waals surface area contributed by atoms with Crippen molar-refractivity contribution < 1.29 is 9.50 Å². The molecule has 1 fully saturated rings. The van der Waals surface area contributed by atoms with Crippen LogP contribution in [0.5, 0.6) is 0 Å². The van der Waals surface area contributed by atoms with E-state index in [0.29, 0.717) is 5.92 Å². The fraction of sp³-hybridized carbons (Fsp3) is 0.529. The molecule has 1 nitrogen and oxygen atoms in total. The molecule has 3 heteroatoms. The predicted molar refractivity (Wildman–Crippen MR) is 82.5 cm³/mol. The molecule has 1 aliphatic rings. The molecule has 0 aliphatic heterocycles. The summed E-state index contributed by atoms with van der Waals surface area (Å²) in [5, 5.41) is 11.5. The third-order valence-corrected chi connectivity index (χ3v) is 5.89. The highest BCUT2D eigenvalue weighted by atomic mass is 32.1. The monoisotopic (exact) mass is 292 g/mol. The summed E-state index contributed by atoms with van der Waals surface area (Å²) in [6, 6.07) is 6.80. The Balaban J connectivity index is 1.77. The normalized spacial score (nSPS) is 24.9. The Hall–Kier alpha value is -0.930. The first-order valence-corrected chi connectivity index (χ1v) is 8.36. The third kappa shape index (κ3) is 2.75. The lowest BCUT2D eigenvalue weighted by Crippen LogP contribution is -2.19. The van der Waals surface area contributed by atoms with Gasteiger partial charge in [0.1, 0.15) is 5.82 Å². The minimum Gasteiger partial charge on any atom is -0.387 e. The van der Waals surface area contributed by atoms with Crippen LogP contribution in [0.1, 0.15) is 50.0 Å². The van der Waals surface area contributed by atoms with E-state index in [-0.39, 0.29) is 11.9 Å². The maximum atomic E-state index is 13.2. The number of thiophene rings is 1. The van der Waals surface area contributed by atoms with E-state index >= 15 is 0 Å². The van der Waals surface area contributed by atoms with Crippen molar-refractivity contribution in [2.24, 2.45) is 11.8 Å². The van der Waals surface area contributed by atoms with Crippen molar-refractivity contribution in [1.82, 2.24) is 0 Å². The van der Waals surface area contributed by atoms with Crippen LogP contribution < -0.4 is 0 Å². The third-order valence-electron chi connectivity index (χ3n) is 4.70. The number of hydrogen-bond acceptors (Lipinski definition) is 2. The Bertz CT molecular complexity index is 584. The molecule has 0 saturated heterocycles. The molecule has 20 heavy (non-hydrogen) atoms. The predicted octanol–water partition coefficient (Wildman–Crippen LogP) is 5.29. The fourth-order valence-corrected chi connectivity index (χ4v) is 4.45. The zero-order valence-electron chi connectivity index (χ0n) is 11.8. The van der Waals surface area contributed by atoms with E-state index in [9.17, 15) is 9.50 Å². The van der Waals surface area contributed by atoms with Crippen molar-refractivity contribution in [3.8, 4) is 0 Å². The number of benzene rings is 1. The van der Waals surface area contributed by atoms with Gasteiger partial charge in [-0.3, -0.25) is 0 Å². The maximum absolute atomic E-state index is 13.2. The molecule has 1 aliphatic carbocycles. The summed E-state index contributed by atoms with van der Waals surface area (Å²) in [5.74, 6) is 1.01. The van der Waals surface area contributed by atoms with E-state index in [1.165, 1.54) is 25.3 Å². The van der Waals surface area contributed by atoms with Gasteiger partial charge in [0.15, 0.2) is 0 Å². The Morgan fingerprint density at radius 3 is 2.70 bits per heavy atom. The molecule has 1 N–H and O–H groups in total. The van der Waals surface area contributed by atoms with Gasteiger partial charge in [-0.1, -0.05) is 26.2 Å². The average Bonchev–Trinajstić information content (AvgIpc) is 2.89. The van der Waals surface area contributed by atoms with Gasteiger partial charge in [-0.25, -0.2) is 4.39 Å². The van der Waals surface area contributed by atoms with E-state index in [1.807, 2.05) is 6.07 Å². The average molecular weight is 292 g/mol. The minimum absolute atomic E-state index is 0.209. The van der Waals surface area contributed by atoms with Gasteiger partial charge < -0.3 is 5.11 Å². The van der Waals surface area contributed by atoms with Crippen molar-refractivity contribution in [3.05, 3.63) is 35.0 Å². The molecule has 0 amide bonds. The molecule has 0 spiro atoms. The van der Waals surface area contributed by atoms with Gasteiger partial charge in [0.2, 0.25) is 0 Å². The van der Waals surface area contributed by atoms with Gasteiger partial charge >= 0.3 is 0 Å². The van der Waals surface area contributed by atoms with Crippen LogP contribution in [0.3, 0.4) is 0 Å². The van der Waals surface area contributed by atoms with E-state index in [2.05, 4.69) is 6.92 Å². The smallest absolute Gasteiger partial charge is 0.123 e. The first-order valence-electron chi connectivity index (χ1n) is 7.54. The molecule has 1 heterocycles. The number of fused-ring (bicyclic) bond motifs is 1. The van der Waals surface area contributed by atoms with Crippen molar-refractivity contribution >= 4 is 21.4 Å². The second-order valence-corrected chi connectivity index (χ2v) is 7.08. The zero-order valence-corrected chi connectivity index (χ0v) is 12.6. The molecular formula is C17H21FOS. The van der Waals surface area contributed by atoms with Crippen LogP contribution in [0.15, 0.2) is 24.3 Å². The Morgan fingerprint density at radius 2 is 2.00 bits per heavy atom. The van der Waals surface area contributed by atoms with Gasteiger partial charge in [-0.05, 0) is 54.3 Å². The molecule has 3 rings (SSSR count). The van der Waals surface area contributed by atoms with Crippen LogP contribution in [-0.4, -0.2) is 5.11 Å². The molecule has 108 valence electrons. The summed E-state index contributed by atoms with van der Waals surface area (Å²) < 4.78 is 14.3. The first-order chi connectivity index (χ1) is 9.67. The van der Waals surface area contributed by atoms with Gasteiger partial charge in [0.25, 0.3) is 0 Å². The number of hydrogen-bond donors (Lipinski definition) is 1. The number of halogens is 1. The topological polar surface area (TPSA) is 20.2 Å². The molecule has 1 unspecified atom stereocenters. The Labute approximate surface area is 123 Å². The second-order valence-electron chi connectivity index (χ2n) is 5.96. The van der Waals surface area contributed by atoms with Crippen LogP contribution in [-0.2, 0) is 0 Å². The molecule has 1 saturated carbocycles. The standard InChI is InChI=1S/C17H21FOS/c1-2-11-3-5-12(6-4-11)17(19)16-10-13-9-14(18)7-8-15(13)20-16/h7-12,17,19H,2-6H2,1H3. The van der Waals surface area contributed by atoms with Crippen LogP contribution in [0.25, 0.3) is 10.1 Å². The molecule has 2 aromatic rings. The van der Waals surface area contributed by atoms with Crippen molar-refractivity contribution in [1.29, 1.82) is 0 Å². The Morgan fingerprint density at radius 1 is 1.25 bits per heavy atom. The lowest BCUT2D eigenvalue weighted by atomic mass is 9.78. The highest BCUT2D eigenvalue weighted by molar-refractivity contribution is 7.19. The van der Waals surface area contributed by atoms with Crippen molar-refractivity contribution in [2.75, 3.05) is 0 Å². The zero-order chi connectivity index (χ0) is 14.1. The van der Waals surface area contributed by atoms with Gasteiger partial charge in [0.05, 0.1) is 6.10 Å². The summed E-state index contributed by atoms with van der Waals surface area (Å²) in [5.41, 5.74) is 0. The van der Waals surface area contributed by atoms with Gasteiger partial charge in [0, 0.05) is 9.58 Å². The molecule has 1 aromatic carbocycles. The van der Waals surface area contributed by atoms with Crippen LogP contribution in [0, 0.1) is 17.7 Å². The molecule has 1 aromatic heterocycles. The first kappa shape index (κ1) is 14.0. The van der Waals surface area contributed by atoms with E-state index < -0.39 is 0 Å². The number of aliphatic hydroxyl groups excluding tert-OH is 1. The lowest BCUT2D eigenvalue weighted by molar-refractivity contribution is 0.0758. The van der Waals surface area contributed by atoms with Crippen LogP contribution in [0.2, 0.25) is 0 Å². The van der Waals surface area contributed by atoms with Crippen molar-refractivity contribution in [3.63, 3.8) is 0 Å². The number of rotatable bonds is 3. The van der Waals surface area contributed by atoms with E-state index in [0.717, 1.165) is 33.7 Å². The maximum Gasteiger partial charge on any atom is 0.123 e.